The van der Waals surface area contributed by atoms with Gasteiger partial charge < -0.3 is 4.98 Å². The van der Waals surface area contributed by atoms with Crippen LogP contribution in [0.5, 0.6) is 0 Å². The lowest BCUT2D eigenvalue weighted by atomic mass is 10.1. The van der Waals surface area contributed by atoms with Gasteiger partial charge in [0, 0.05) is 17.7 Å². The predicted molar refractivity (Wildman–Crippen MR) is 113 cm³/mol. The van der Waals surface area contributed by atoms with Crippen molar-refractivity contribution in [2.75, 3.05) is 0 Å². The first-order valence-corrected chi connectivity index (χ1v) is 10.2. The van der Waals surface area contributed by atoms with Gasteiger partial charge in [-0.15, -0.1) is 22.7 Å². The minimum atomic E-state index is -0.388. The Morgan fingerprint density at radius 2 is 2.00 bits per heavy atom. The van der Waals surface area contributed by atoms with E-state index in [1.54, 1.807) is 29.5 Å². The predicted octanol–water partition coefficient (Wildman–Crippen LogP) is 3.17. The maximum Gasteiger partial charge on any atom is 0.273 e. The van der Waals surface area contributed by atoms with Crippen LogP contribution in [0.3, 0.4) is 0 Å². The average molecular weight is 409 g/mol. The highest BCUT2D eigenvalue weighted by atomic mass is 32.1. The van der Waals surface area contributed by atoms with Gasteiger partial charge >= 0.3 is 0 Å². The van der Waals surface area contributed by atoms with Gasteiger partial charge in [-0.3, -0.25) is 14.9 Å². The molecule has 140 valence electrons. The summed E-state index contributed by atoms with van der Waals surface area (Å²) in [6, 6.07) is 12.9. The molecule has 0 atom stereocenters. The van der Waals surface area contributed by atoms with E-state index in [0.717, 1.165) is 15.2 Å². The molecule has 0 saturated heterocycles. The smallest absolute Gasteiger partial charge is 0.273 e. The zero-order chi connectivity index (χ0) is 19.7. The molecular formula is C20H15N3O3S2. The molecule has 0 bridgehead atoms. The Morgan fingerprint density at radius 1 is 1.18 bits per heavy atom. The van der Waals surface area contributed by atoms with Gasteiger partial charge in [0.15, 0.2) is 0 Å². The van der Waals surface area contributed by atoms with E-state index in [1.807, 2.05) is 37.3 Å². The number of hydrogen-bond donors (Lipinski definition) is 1. The fraction of sp³-hybridized carbons (Fsp3) is 0.100. The van der Waals surface area contributed by atoms with Crippen molar-refractivity contribution in [1.82, 2.24) is 9.97 Å². The quantitative estimate of drug-likeness (QED) is 0.414. The number of aromatic amines is 1. The molecule has 2 aromatic heterocycles. The summed E-state index contributed by atoms with van der Waals surface area (Å²) in [5.41, 5.74) is 2.08. The maximum atomic E-state index is 12.3. The Labute approximate surface area is 167 Å². The lowest BCUT2D eigenvalue weighted by molar-refractivity contribution is -0.385. The number of nitro groups is 1. The largest absolute Gasteiger partial charge is 0.313 e. The minimum absolute atomic E-state index is 0.0745. The van der Waals surface area contributed by atoms with Gasteiger partial charge in [0.05, 0.1) is 24.3 Å². The maximum absolute atomic E-state index is 12.3. The topological polar surface area (TPSA) is 88.9 Å². The number of nitrogens with zero attached hydrogens (tertiary/aromatic N) is 2. The first-order valence-electron chi connectivity index (χ1n) is 8.59. The van der Waals surface area contributed by atoms with Crippen molar-refractivity contribution in [2.45, 2.75) is 13.3 Å². The number of rotatable bonds is 4. The van der Waals surface area contributed by atoms with E-state index in [-0.39, 0.29) is 16.2 Å². The number of aryl methyl sites for hydroxylation is 1. The number of nitrogens with one attached hydrogen (secondary N) is 1. The highest BCUT2D eigenvalue weighted by Gasteiger charge is 2.12. The third-order valence-electron chi connectivity index (χ3n) is 4.23. The van der Waals surface area contributed by atoms with Crippen molar-refractivity contribution < 1.29 is 4.92 Å². The Balaban J connectivity index is 1.76. The Morgan fingerprint density at radius 3 is 2.75 bits per heavy atom. The van der Waals surface area contributed by atoms with E-state index in [0.29, 0.717) is 26.7 Å². The number of thiazole rings is 2. The standard InChI is InChI=1S/C20H15N3O3S2/c1-2-13-8-7-12(9-15(13)23(25)26)10-17-20(24)22-19(28-17)11-18-21-14-5-3-4-6-16(14)27-18/h3-11H,2H2,1H3,(H,22,24)/b17-10-,19-11+. The summed E-state index contributed by atoms with van der Waals surface area (Å²) in [6.07, 6.45) is 4.10. The van der Waals surface area contributed by atoms with Crippen molar-refractivity contribution in [3.05, 3.63) is 88.3 Å². The third kappa shape index (κ3) is 3.64. The van der Waals surface area contributed by atoms with E-state index in [2.05, 4.69) is 9.97 Å². The SMILES string of the molecule is CCc1ccc(/C=c2\s/c(=C/c3nc4ccccc4s3)[nH]c2=O)cc1[N+](=O)[O-]. The first kappa shape index (κ1) is 18.3. The zero-order valence-electron chi connectivity index (χ0n) is 14.8. The number of benzene rings is 2. The molecule has 0 aliphatic rings. The summed E-state index contributed by atoms with van der Waals surface area (Å²) >= 11 is 2.85. The fourth-order valence-electron chi connectivity index (χ4n) is 2.88. The number of para-hydroxylation sites is 1. The van der Waals surface area contributed by atoms with Crippen LogP contribution < -0.4 is 14.8 Å². The fourth-order valence-corrected chi connectivity index (χ4v) is 4.75. The second-order valence-electron chi connectivity index (χ2n) is 6.09. The van der Waals surface area contributed by atoms with Crippen molar-refractivity contribution in [1.29, 1.82) is 0 Å². The molecular weight excluding hydrogens is 394 g/mol. The van der Waals surface area contributed by atoms with Gasteiger partial charge in [0.2, 0.25) is 0 Å². The zero-order valence-corrected chi connectivity index (χ0v) is 16.5. The van der Waals surface area contributed by atoms with Crippen LogP contribution in [0, 0.1) is 10.1 Å². The molecule has 8 heteroatoms. The van der Waals surface area contributed by atoms with Gasteiger partial charge in [0.25, 0.3) is 11.2 Å². The molecule has 2 aromatic carbocycles. The molecule has 0 radical (unpaired) electrons. The van der Waals surface area contributed by atoms with E-state index >= 15 is 0 Å². The lowest BCUT2D eigenvalue weighted by Gasteiger charge is -2.00. The summed E-state index contributed by atoms with van der Waals surface area (Å²) < 4.78 is 2.27. The highest BCUT2D eigenvalue weighted by Crippen LogP contribution is 2.22. The molecule has 28 heavy (non-hydrogen) atoms. The molecule has 6 nitrogen and oxygen atoms in total. The van der Waals surface area contributed by atoms with E-state index < -0.39 is 0 Å². The van der Waals surface area contributed by atoms with Gasteiger partial charge in [-0.2, -0.15) is 0 Å². The molecule has 0 fully saturated rings. The van der Waals surface area contributed by atoms with Gasteiger partial charge in [0.1, 0.15) is 5.01 Å². The minimum Gasteiger partial charge on any atom is -0.313 e. The molecule has 0 aliphatic heterocycles. The van der Waals surface area contributed by atoms with E-state index in [4.69, 9.17) is 0 Å². The summed E-state index contributed by atoms with van der Waals surface area (Å²) in [5, 5.41) is 12.1. The van der Waals surface area contributed by atoms with Crippen LogP contribution in [0.1, 0.15) is 23.1 Å². The normalized spacial score (nSPS) is 12.8. The monoisotopic (exact) mass is 409 g/mol. The van der Waals surface area contributed by atoms with Crippen LogP contribution in [0.4, 0.5) is 5.69 Å². The van der Waals surface area contributed by atoms with Gasteiger partial charge in [-0.25, -0.2) is 4.98 Å². The van der Waals surface area contributed by atoms with Crippen LogP contribution in [0.2, 0.25) is 0 Å². The summed E-state index contributed by atoms with van der Waals surface area (Å²) in [7, 11) is 0. The Hall–Kier alpha value is -3.10. The number of H-pyrrole nitrogens is 1. The van der Waals surface area contributed by atoms with Crippen LogP contribution >= 0.6 is 22.7 Å². The molecule has 0 saturated carbocycles. The second kappa shape index (κ2) is 7.49. The molecule has 1 N–H and O–H groups in total. The van der Waals surface area contributed by atoms with Crippen LogP contribution in [0.15, 0.2) is 47.3 Å². The van der Waals surface area contributed by atoms with Crippen molar-refractivity contribution >= 4 is 50.7 Å². The number of hydrogen-bond acceptors (Lipinski definition) is 6. The molecule has 4 rings (SSSR count). The van der Waals surface area contributed by atoms with Gasteiger partial charge in [-0.1, -0.05) is 31.2 Å². The molecule has 0 spiro atoms. The Bertz CT molecular complexity index is 1330. The van der Waals surface area contributed by atoms with Crippen molar-refractivity contribution in [3.63, 3.8) is 0 Å². The summed E-state index contributed by atoms with van der Waals surface area (Å²) in [5.74, 6) is 0. The highest BCUT2D eigenvalue weighted by molar-refractivity contribution is 7.19. The molecule has 4 aromatic rings. The first-order chi connectivity index (χ1) is 13.5. The number of fused-ring (bicyclic) bond motifs is 1. The van der Waals surface area contributed by atoms with E-state index in [1.165, 1.54) is 17.4 Å². The van der Waals surface area contributed by atoms with Gasteiger partial charge in [-0.05, 0) is 30.2 Å². The molecule has 0 aliphatic carbocycles. The average Bonchev–Trinajstić information content (AvgIpc) is 3.24. The number of nitro benzene ring substituents is 1. The van der Waals surface area contributed by atoms with Crippen LogP contribution in [-0.2, 0) is 6.42 Å². The Kier molecular flexibility index (Phi) is 4.89. The summed E-state index contributed by atoms with van der Waals surface area (Å²) in [4.78, 5) is 30.5. The molecule has 2 heterocycles. The van der Waals surface area contributed by atoms with Crippen LogP contribution in [0.25, 0.3) is 22.4 Å². The number of aromatic nitrogens is 2. The van der Waals surface area contributed by atoms with Crippen molar-refractivity contribution in [3.8, 4) is 0 Å². The van der Waals surface area contributed by atoms with Crippen LogP contribution in [-0.4, -0.2) is 14.9 Å². The van der Waals surface area contributed by atoms with E-state index in [9.17, 15) is 14.9 Å². The molecule has 0 unspecified atom stereocenters. The third-order valence-corrected chi connectivity index (χ3v) is 6.18. The summed E-state index contributed by atoms with van der Waals surface area (Å²) in [6.45, 7) is 1.87. The van der Waals surface area contributed by atoms with Crippen molar-refractivity contribution in [2.24, 2.45) is 0 Å². The second-order valence-corrected chi connectivity index (χ2v) is 8.24. The molecule has 0 amide bonds. The lowest BCUT2D eigenvalue weighted by Crippen LogP contribution is -2.19.